The molecular weight excluding hydrogens is 374 g/mol. The van der Waals surface area contributed by atoms with Crippen molar-refractivity contribution < 1.29 is 9.90 Å². The molecule has 0 bridgehead atoms. The molecule has 4 rings (SSSR count). The summed E-state index contributed by atoms with van der Waals surface area (Å²) in [5, 5.41) is 13.7. The van der Waals surface area contributed by atoms with Crippen LogP contribution in [-0.2, 0) is 16.8 Å². The zero-order valence-electron chi connectivity index (χ0n) is 17.2. The maximum absolute atomic E-state index is 12.5. The number of carbonyl (C=O) groups is 1. The zero-order chi connectivity index (χ0) is 21.0. The van der Waals surface area contributed by atoms with Crippen LogP contribution in [0.3, 0.4) is 0 Å². The molecule has 5 heteroatoms. The Balaban J connectivity index is 1.64. The Morgan fingerprint density at radius 1 is 1.10 bits per heavy atom. The van der Waals surface area contributed by atoms with E-state index in [1.54, 1.807) is 0 Å². The number of rotatable bonds is 6. The number of hydrogen-bond donors (Lipinski definition) is 2. The minimum absolute atomic E-state index is 0.0265. The van der Waals surface area contributed by atoms with E-state index in [9.17, 15) is 9.90 Å². The Labute approximate surface area is 177 Å². The van der Waals surface area contributed by atoms with Gasteiger partial charge in [0, 0.05) is 44.0 Å². The van der Waals surface area contributed by atoms with Gasteiger partial charge in [-0.1, -0.05) is 60.7 Å². The highest BCUT2D eigenvalue weighted by molar-refractivity contribution is 5.80. The quantitative estimate of drug-likeness (QED) is 0.661. The third-order valence-electron chi connectivity index (χ3n) is 6.05. The second-order valence-electron chi connectivity index (χ2n) is 7.90. The monoisotopic (exact) mass is 401 g/mol. The van der Waals surface area contributed by atoms with Crippen molar-refractivity contribution in [1.82, 2.24) is 15.2 Å². The number of carboxylic acid groups (broad SMARTS) is 1. The first-order valence-electron chi connectivity index (χ1n) is 10.4. The molecule has 3 aromatic rings. The van der Waals surface area contributed by atoms with Crippen LogP contribution in [0.25, 0.3) is 11.1 Å². The average Bonchev–Trinajstić information content (AvgIpc) is 2.80. The first kappa shape index (κ1) is 20.3. The van der Waals surface area contributed by atoms with Crippen LogP contribution in [0.2, 0.25) is 0 Å². The lowest BCUT2D eigenvalue weighted by atomic mass is 9.87. The van der Waals surface area contributed by atoms with E-state index in [0.29, 0.717) is 13.0 Å². The van der Waals surface area contributed by atoms with Crippen LogP contribution in [-0.4, -0.2) is 46.6 Å². The molecule has 2 unspecified atom stereocenters. The summed E-state index contributed by atoms with van der Waals surface area (Å²) < 4.78 is 0. The molecule has 0 spiro atoms. The van der Waals surface area contributed by atoms with E-state index in [1.807, 2.05) is 67.7 Å². The number of benzene rings is 2. The molecule has 1 aliphatic rings. The molecule has 154 valence electrons. The Kier molecular flexibility index (Phi) is 5.93. The van der Waals surface area contributed by atoms with Crippen LogP contribution >= 0.6 is 0 Å². The van der Waals surface area contributed by atoms with Gasteiger partial charge in [-0.25, -0.2) is 4.79 Å². The van der Waals surface area contributed by atoms with Gasteiger partial charge in [-0.05, 0) is 35.7 Å². The minimum Gasteiger partial charge on any atom is -0.480 e. The summed E-state index contributed by atoms with van der Waals surface area (Å²) in [5.41, 5.74) is 2.95. The summed E-state index contributed by atoms with van der Waals surface area (Å²) >= 11 is 0. The molecule has 0 radical (unpaired) electrons. The van der Waals surface area contributed by atoms with Crippen molar-refractivity contribution in [2.75, 3.05) is 19.6 Å². The number of carboxylic acids is 1. The van der Waals surface area contributed by atoms with Crippen LogP contribution in [0, 0.1) is 0 Å². The van der Waals surface area contributed by atoms with Crippen molar-refractivity contribution >= 4 is 5.97 Å². The summed E-state index contributed by atoms with van der Waals surface area (Å²) in [6, 6.07) is 23.9. The van der Waals surface area contributed by atoms with Gasteiger partial charge in [0.25, 0.3) is 0 Å². The molecule has 0 amide bonds. The predicted molar refractivity (Wildman–Crippen MR) is 118 cm³/mol. The fraction of sp³-hybridized carbons (Fsp3) is 0.280. The standard InChI is InChI=1S/C25H27N3O2/c1-25(24(29)30,21-10-6-3-7-11-21)28-15-14-26-18-23(28)17-22-16-20(12-13-27-22)19-8-4-2-5-9-19/h2-13,16,23,26H,14-15,17-18H2,1H3,(H,29,30). The summed E-state index contributed by atoms with van der Waals surface area (Å²) in [7, 11) is 0. The highest BCUT2D eigenvalue weighted by Gasteiger charge is 2.45. The Morgan fingerprint density at radius 3 is 2.50 bits per heavy atom. The van der Waals surface area contributed by atoms with Crippen molar-refractivity contribution in [2.45, 2.75) is 24.9 Å². The Morgan fingerprint density at radius 2 is 1.80 bits per heavy atom. The number of aromatic nitrogens is 1. The molecule has 30 heavy (non-hydrogen) atoms. The predicted octanol–water partition coefficient (Wildman–Crippen LogP) is 3.56. The van der Waals surface area contributed by atoms with Gasteiger partial charge in [0.15, 0.2) is 0 Å². The lowest BCUT2D eigenvalue weighted by molar-refractivity contribution is -0.154. The molecule has 0 aliphatic carbocycles. The topological polar surface area (TPSA) is 65.5 Å². The SMILES string of the molecule is CC(C(=O)O)(c1ccccc1)N1CCNCC1Cc1cc(-c2ccccc2)ccn1. The molecule has 1 aliphatic heterocycles. The second kappa shape index (κ2) is 8.78. The van der Waals surface area contributed by atoms with E-state index in [4.69, 9.17) is 0 Å². The van der Waals surface area contributed by atoms with Gasteiger partial charge in [-0.15, -0.1) is 0 Å². The van der Waals surface area contributed by atoms with E-state index in [2.05, 4.69) is 33.4 Å². The number of piperazine rings is 1. The molecule has 2 atom stereocenters. The van der Waals surface area contributed by atoms with Crippen molar-refractivity contribution in [3.63, 3.8) is 0 Å². The molecule has 1 aromatic heterocycles. The Hall–Kier alpha value is -3.02. The maximum atomic E-state index is 12.5. The smallest absolute Gasteiger partial charge is 0.328 e. The maximum Gasteiger partial charge on any atom is 0.328 e. The van der Waals surface area contributed by atoms with Gasteiger partial charge >= 0.3 is 5.97 Å². The van der Waals surface area contributed by atoms with Crippen LogP contribution in [0.5, 0.6) is 0 Å². The minimum atomic E-state index is -1.09. The molecule has 2 heterocycles. The summed E-state index contributed by atoms with van der Waals surface area (Å²) in [6.07, 6.45) is 2.52. The molecule has 2 N–H and O–H groups in total. The molecule has 5 nitrogen and oxygen atoms in total. The van der Waals surface area contributed by atoms with E-state index in [-0.39, 0.29) is 6.04 Å². The number of nitrogens with one attached hydrogen (secondary N) is 1. The van der Waals surface area contributed by atoms with Crippen LogP contribution in [0.15, 0.2) is 79.0 Å². The summed E-state index contributed by atoms with van der Waals surface area (Å²) in [6.45, 7) is 3.98. The molecular formula is C25H27N3O2. The first-order chi connectivity index (χ1) is 14.6. The molecule has 1 fully saturated rings. The second-order valence-corrected chi connectivity index (χ2v) is 7.90. The fourth-order valence-electron chi connectivity index (χ4n) is 4.35. The zero-order valence-corrected chi connectivity index (χ0v) is 17.2. The number of aliphatic carboxylic acids is 1. The molecule has 0 saturated carbocycles. The van der Waals surface area contributed by atoms with E-state index >= 15 is 0 Å². The number of hydrogen-bond acceptors (Lipinski definition) is 4. The van der Waals surface area contributed by atoms with Gasteiger partial charge < -0.3 is 10.4 Å². The van der Waals surface area contributed by atoms with Crippen molar-refractivity contribution in [1.29, 1.82) is 0 Å². The van der Waals surface area contributed by atoms with Gasteiger partial charge in [0.05, 0.1) is 0 Å². The third kappa shape index (κ3) is 3.99. The highest BCUT2D eigenvalue weighted by Crippen LogP contribution is 2.32. The van der Waals surface area contributed by atoms with E-state index < -0.39 is 11.5 Å². The van der Waals surface area contributed by atoms with Crippen LogP contribution in [0.4, 0.5) is 0 Å². The lowest BCUT2D eigenvalue weighted by Gasteiger charge is -2.46. The van der Waals surface area contributed by atoms with E-state index in [1.165, 1.54) is 0 Å². The van der Waals surface area contributed by atoms with Gasteiger partial charge in [-0.3, -0.25) is 9.88 Å². The summed E-state index contributed by atoms with van der Waals surface area (Å²) in [5.74, 6) is -0.827. The summed E-state index contributed by atoms with van der Waals surface area (Å²) in [4.78, 5) is 19.2. The van der Waals surface area contributed by atoms with Gasteiger partial charge in [0.1, 0.15) is 5.54 Å². The molecule has 2 aromatic carbocycles. The Bertz CT molecular complexity index is 994. The number of nitrogens with zero attached hydrogens (tertiary/aromatic N) is 2. The van der Waals surface area contributed by atoms with Crippen molar-refractivity contribution in [3.8, 4) is 11.1 Å². The van der Waals surface area contributed by atoms with Gasteiger partial charge in [0.2, 0.25) is 0 Å². The number of pyridine rings is 1. The normalized spacial score (nSPS) is 19.2. The largest absolute Gasteiger partial charge is 0.480 e. The molecule has 1 saturated heterocycles. The average molecular weight is 402 g/mol. The third-order valence-corrected chi connectivity index (χ3v) is 6.05. The fourth-order valence-corrected chi connectivity index (χ4v) is 4.35. The van der Waals surface area contributed by atoms with Crippen LogP contribution in [0.1, 0.15) is 18.2 Å². The first-order valence-corrected chi connectivity index (χ1v) is 10.4. The van der Waals surface area contributed by atoms with E-state index in [0.717, 1.165) is 35.5 Å². The van der Waals surface area contributed by atoms with Crippen molar-refractivity contribution in [2.24, 2.45) is 0 Å². The van der Waals surface area contributed by atoms with Gasteiger partial charge in [-0.2, -0.15) is 0 Å². The van der Waals surface area contributed by atoms with Crippen molar-refractivity contribution in [3.05, 3.63) is 90.3 Å². The highest BCUT2D eigenvalue weighted by atomic mass is 16.4. The lowest BCUT2D eigenvalue weighted by Crippen LogP contribution is -2.62. The van der Waals surface area contributed by atoms with Crippen LogP contribution < -0.4 is 5.32 Å².